The van der Waals surface area contributed by atoms with Crippen molar-refractivity contribution in [1.29, 1.82) is 0 Å². The van der Waals surface area contributed by atoms with E-state index in [0.717, 1.165) is 0 Å². The number of nitrogens with two attached hydrogens (primary N) is 1. The first-order valence-electron chi connectivity index (χ1n) is 1.35. The molecule has 86 valence electrons. The van der Waals surface area contributed by atoms with Gasteiger partial charge in [-0.25, -0.2) is 5.90 Å². The first-order valence-corrected chi connectivity index (χ1v) is 1.35. The SMILES string of the molecule is NO.O.O=[N+]([O-])[O-].O=[N+]([O-])[O-].[NH4+].[NH4+]. The molecule has 0 saturated heterocycles. The zero-order valence-corrected chi connectivity index (χ0v) is 6.87. The van der Waals surface area contributed by atoms with Crippen LogP contribution in [0.1, 0.15) is 0 Å². The Morgan fingerprint density at radius 2 is 0.846 bits per heavy atom. The summed E-state index contributed by atoms with van der Waals surface area (Å²) in [7, 11) is 0. The lowest BCUT2D eigenvalue weighted by Gasteiger charge is -1.74. The average Bonchev–Trinajstić information content (AvgIpc) is 1.66. The van der Waals surface area contributed by atoms with Gasteiger partial charge in [0, 0.05) is 0 Å². The maximum absolute atomic E-state index is 8.25. The van der Waals surface area contributed by atoms with Crippen LogP contribution in [0.5, 0.6) is 0 Å². The van der Waals surface area contributed by atoms with Crippen LogP contribution in [-0.4, -0.2) is 20.9 Å². The third-order valence-electron chi connectivity index (χ3n) is 0. The molecule has 0 heterocycles. The number of quaternary nitrogens is 2. The van der Waals surface area contributed by atoms with Crippen molar-refractivity contribution in [3.63, 3.8) is 0 Å². The van der Waals surface area contributed by atoms with E-state index in [2.05, 4.69) is 5.90 Å². The van der Waals surface area contributed by atoms with Gasteiger partial charge in [-0.1, -0.05) is 0 Å². The number of nitrogens with zero attached hydrogens (tertiary/aromatic N) is 2. The molecule has 0 fully saturated rings. The van der Waals surface area contributed by atoms with Crippen molar-refractivity contribution in [3.05, 3.63) is 30.6 Å². The van der Waals surface area contributed by atoms with E-state index in [1.54, 1.807) is 0 Å². The summed E-state index contributed by atoms with van der Waals surface area (Å²) in [6.07, 6.45) is 0. The lowest BCUT2D eigenvalue weighted by atomic mass is 13.1. The standard InChI is InChI=1S/2NO3.H3NO.2H3N.H2O/c2*2-1(3)4;1-2;;;/h;;2H,1H2;2*1H3;1H2/q2*-1;;;;/p+2. The molecule has 0 aliphatic heterocycles. The maximum atomic E-state index is 8.25. The minimum atomic E-state index is -1.75. The van der Waals surface area contributed by atoms with E-state index in [0.29, 0.717) is 0 Å². The second-order valence-electron chi connectivity index (χ2n) is 0.447. The third kappa shape index (κ3) is 212. The summed E-state index contributed by atoms with van der Waals surface area (Å²) in [4.78, 5) is 16.5. The summed E-state index contributed by atoms with van der Waals surface area (Å²) in [5, 5.41) is 36.0. The van der Waals surface area contributed by atoms with Gasteiger partial charge in [-0.2, -0.15) is 0 Å². The summed E-state index contributed by atoms with van der Waals surface area (Å²) in [5.41, 5.74) is 0. The molecule has 13 heavy (non-hydrogen) atoms. The van der Waals surface area contributed by atoms with E-state index in [4.69, 9.17) is 35.9 Å². The Labute approximate surface area is 71.0 Å². The van der Waals surface area contributed by atoms with Crippen molar-refractivity contribution in [2.24, 2.45) is 5.90 Å². The molecule has 0 aromatic carbocycles. The fraction of sp³-hybridized carbons (Fsp3) is 0. The van der Waals surface area contributed by atoms with Crippen LogP contribution in [0.4, 0.5) is 0 Å². The van der Waals surface area contributed by atoms with Gasteiger partial charge < -0.3 is 53.6 Å². The lowest BCUT2D eigenvalue weighted by Crippen LogP contribution is -1.74. The van der Waals surface area contributed by atoms with Gasteiger partial charge in [0.25, 0.3) is 0 Å². The highest BCUT2D eigenvalue weighted by Crippen LogP contribution is 1.44. The molecule has 0 rings (SSSR count). The molecular formula is H13N5O8. The molecule has 0 radical (unpaired) electrons. The Hall–Kier alpha value is -1.80. The molecule has 0 atom stereocenters. The number of hydrogen-bond acceptors (Lipinski definition) is 8. The van der Waals surface area contributed by atoms with Gasteiger partial charge >= 0.3 is 0 Å². The molecule has 0 unspecified atom stereocenters. The lowest BCUT2D eigenvalue weighted by molar-refractivity contribution is -0.403. The summed E-state index contributed by atoms with van der Waals surface area (Å²) >= 11 is 0. The van der Waals surface area contributed by atoms with E-state index >= 15 is 0 Å². The predicted octanol–water partition coefficient (Wildman–Crippen LogP) is -1.22. The van der Waals surface area contributed by atoms with Crippen molar-refractivity contribution in [1.82, 2.24) is 12.3 Å². The van der Waals surface area contributed by atoms with Crippen LogP contribution in [0.3, 0.4) is 0 Å². The molecule has 0 spiro atoms. The van der Waals surface area contributed by atoms with Gasteiger partial charge in [-0.05, 0) is 0 Å². The van der Waals surface area contributed by atoms with Crippen molar-refractivity contribution < 1.29 is 20.9 Å². The van der Waals surface area contributed by atoms with Gasteiger partial charge in [-0.3, -0.25) is 0 Å². The minimum Gasteiger partial charge on any atom is -0.412 e. The summed E-state index contributed by atoms with van der Waals surface area (Å²) in [6, 6.07) is 0. The third-order valence-corrected chi connectivity index (χ3v) is 0. The van der Waals surface area contributed by atoms with Crippen LogP contribution in [0.15, 0.2) is 0 Å². The smallest absolute Gasteiger partial charge is 0.0689 e. The van der Waals surface area contributed by atoms with Gasteiger partial charge in [0.05, 0.1) is 10.2 Å². The molecule has 13 nitrogen and oxygen atoms in total. The summed E-state index contributed by atoms with van der Waals surface area (Å²) in [5.74, 6) is 3.50. The van der Waals surface area contributed by atoms with Gasteiger partial charge in [-0.15, -0.1) is 0 Å². The van der Waals surface area contributed by atoms with E-state index in [-0.39, 0.29) is 17.8 Å². The Bertz CT molecular complexity index is 70.5. The van der Waals surface area contributed by atoms with E-state index < -0.39 is 10.2 Å². The van der Waals surface area contributed by atoms with E-state index in [1.807, 2.05) is 0 Å². The minimum absolute atomic E-state index is 0. The van der Waals surface area contributed by atoms with Crippen LogP contribution in [0.2, 0.25) is 0 Å². The van der Waals surface area contributed by atoms with Gasteiger partial charge in [0.2, 0.25) is 0 Å². The Morgan fingerprint density at radius 1 is 0.846 bits per heavy atom. The highest BCUT2D eigenvalue weighted by molar-refractivity contribution is 4.04. The van der Waals surface area contributed by atoms with Crippen LogP contribution < -0.4 is 18.2 Å². The Morgan fingerprint density at radius 3 is 0.846 bits per heavy atom. The Balaban J connectivity index is -0.0000000133. The second kappa shape index (κ2) is 48.9. The zero-order chi connectivity index (χ0) is 9.15. The highest BCUT2D eigenvalue weighted by atomic mass is 16.9. The molecule has 0 aliphatic carbocycles. The molecule has 0 amide bonds. The van der Waals surface area contributed by atoms with Crippen LogP contribution in [0.25, 0.3) is 0 Å². The highest BCUT2D eigenvalue weighted by Gasteiger charge is 1.46. The first kappa shape index (κ1) is 43.1. The number of hydrogen-bond donors (Lipinski definition) is 4. The van der Waals surface area contributed by atoms with Crippen LogP contribution >= 0.6 is 0 Å². The molecule has 13 heteroatoms. The molecular weight excluding hydrogens is 198 g/mol. The topological polar surface area (TPSA) is 283 Å². The number of rotatable bonds is 0. The average molecular weight is 211 g/mol. The largest absolute Gasteiger partial charge is 0.412 e. The normalized spacial score (nSPS) is 4.15. The zero-order valence-electron chi connectivity index (χ0n) is 6.87. The molecule has 0 aliphatic rings. The van der Waals surface area contributed by atoms with Gasteiger partial charge in [0.1, 0.15) is 0 Å². The van der Waals surface area contributed by atoms with Crippen molar-refractivity contribution in [3.8, 4) is 0 Å². The molecule has 0 bridgehead atoms. The molecule has 0 aromatic rings. The quantitative estimate of drug-likeness (QED) is 0.277. The Kier molecular flexibility index (Phi) is 162. The van der Waals surface area contributed by atoms with Crippen LogP contribution in [0, 0.1) is 30.6 Å². The molecule has 0 saturated carbocycles. The van der Waals surface area contributed by atoms with Crippen LogP contribution in [-0.2, 0) is 0 Å². The summed E-state index contributed by atoms with van der Waals surface area (Å²) in [6.45, 7) is 0. The maximum Gasteiger partial charge on any atom is 0.0689 e. The second-order valence-corrected chi connectivity index (χ2v) is 0.447. The van der Waals surface area contributed by atoms with Crippen molar-refractivity contribution in [2.75, 3.05) is 0 Å². The fourth-order valence-corrected chi connectivity index (χ4v) is 0. The van der Waals surface area contributed by atoms with E-state index in [9.17, 15) is 0 Å². The fourth-order valence-electron chi connectivity index (χ4n) is 0. The molecule has 0 aromatic heterocycles. The van der Waals surface area contributed by atoms with E-state index in [1.165, 1.54) is 0 Å². The summed E-state index contributed by atoms with van der Waals surface area (Å²) < 4.78 is 0. The monoisotopic (exact) mass is 211 g/mol. The first-order chi connectivity index (χ1) is 4.46. The van der Waals surface area contributed by atoms with Crippen molar-refractivity contribution >= 4 is 0 Å². The van der Waals surface area contributed by atoms with Crippen molar-refractivity contribution in [2.45, 2.75) is 0 Å². The molecule has 13 N–H and O–H groups in total. The predicted molar refractivity (Wildman–Crippen MR) is 42.3 cm³/mol. The van der Waals surface area contributed by atoms with Gasteiger partial charge in [0.15, 0.2) is 0 Å².